The molecule has 6 nitrogen and oxygen atoms in total. The van der Waals surface area contributed by atoms with Crippen molar-refractivity contribution in [1.29, 1.82) is 0 Å². The monoisotopic (exact) mass is 253 g/mol. The zero-order valence-corrected chi connectivity index (χ0v) is 10.0. The number of halogens is 1. The molecular formula is C10H12ClN5O. The molecule has 0 aliphatic heterocycles. The van der Waals surface area contributed by atoms with Gasteiger partial charge in [-0.05, 0) is 24.6 Å². The van der Waals surface area contributed by atoms with Gasteiger partial charge in [0, 0.05) is 18.7 Å². The normalized spacial score (nSPS) is 10.2. The van der Waals surface area contributed by atoms with Gasteiger partial charge < -0.3 is 15.1 Å². The van der Waals surface area contributed by atoms with Crippen LogP contribution in [0.3, 0.4) is 0 Å². The van der Waals surface area contributed by atoms with Crippen LogP contribution in [-0.2, 0) is 6.54 Å². The largest absolute Gasteiger partial charge is 0.472 e. The Balaban J connectivity index is 2.04. The summed E-state index contributed by atoms with van der Waals surface area (Å²) >= 11 is 5.79. The Hall–Kier alpha value is -1.82. The summed E-state index contributed by atoms with van der Waals surface area (Å²) in [6, 6.07) is 1.86. The highest BCUT2D eigenvalue weighted by molar-refractivity contribution is 6.28. The predicted molar refractivity (Wildman–Crippen MR) is 65.0 cm³/mol. The first kappa shape index (κ1) is 11.7. The van der Waals surface area contributed by atoms with Gasteiger partial charge in [0.2, 0.25) is 17.2 Å². The summed E-state index contributed by atoms with van der Waals surface area (Å²) < 4.78 is 4.96. The molecule has 0 fully saturated rings. The van der Waals surface area contributed by atoms with Gasteiger partial charge in [-0.15, -0.1) is 0 Å². The maximum Gasteiger partial charge on any atom is 0.229 e. The molecule has 0 spiro atoms. The molecule has 7 heteroatoms. The van der Waals surface area contributed by atoms with Gasteiger partial charge in [0.05, 0.1) is 12.5 Å². The van der Waals surface area contributed by atoms with E-state index in [2.05, 4.69) is 25.6 Å². The van der Waals surface area contributed by atoms with Crippen molar-refractivity contribution in [2.45, 2.75) is 13.5 Å². The van der Waals surface area contributed by atoms with E-state index in [4.69, 9.17) is 16.0 Å². The highest BCUT2D eigenvalue weighted by Gasteiger charge is 2.04. The van der Waals surface area contributed by atoms with E-state index < -0.39 is 0 Å². The van der Waals surface area contributed by atoms with Crippen molar-refractivity contribution in [2.75, 3.05) is 17.2 Å². The molecule has 0 saturated carbocycles. The van der Waals surface area contributed by atoms with Crippen LogP contribution in [0.4, 0.5) is 11.9 Å². The van der Waals surface area contributed by atoms with Crippen LogP contribution in [0, 0.1) is 0 Å². The van der Waals surface area contributed by atoms with Gasteiger partial charge in [0.1, 0.15) is 0 Å². The molecule has 0 aromatic carbocycles. The third-order valence-electron chi connectivity index (χ3n) is 1.97. The minimum absolute atomic E-state index is 0.158. The molecule has 0 radical (unpaired) electrons. The number of hydrogen-bond donors (Lipinski definition) is 2. The second-order valence-corrected chi connectivity index (χ2v) is 3.61. The number of rotatable bonds is 5. The molecule has 0 aliphatic rings. The summed E-state index contributed by atoms with van der Waals surface area (Å²) in [5.74, 6) is 0.893. The Bertz CT molecular complexity index is 474. The second kappa shape index (κ2) is 5.49. The van der Waals surface area contributed by atoms with Crippen molar-refractivity contribution in [3.05, 3.63) is 29.4 Å². The average Bonchev–Trinajstić information content (AvgIpc) is 2.79. The van der Waals surface area contributed by atoms with Crippen LogP contribution in [0.25, 0.3) is 0 Å². The zero-order chi connectivity index (χ0) is 12.1. The molecule has 2 heterocycles. The predicted octanol–water partition coefficient (Wildman–Crippen LogP) is 2.16. The van der Waals surface area contributed by atoms with Crippen LogP contribution in [-0.4, -0.2) is 21.5 Å². The molecule has 2 aromatic heterocycles. The molecule has 0 amide bonds. The van der Waals surface area contributed by atoms with E-state index >= 15 is 0 Å². The van der Waals surface area contributed by atoms with Crippen molar-refractivity contribution < 1.29 is 4.42 Å². The molecule has 0 bridgehead atoms. The smallest absolute Gasteiger partial charge is 0.229 e. The summed E-state index contributed by atoms with van der Waals surface area (Å²) in [5, 5.41) is 6.17. The first-order valence-electron chi connectivity index (χ1n) is 5.18. The van der Waals surface area contributed by atoms with E-state index in [9.17, 15) is 0 Å². The molecule has 0 unspecified atom stereocenters. The van der Waals surface area contributed by atoms with Crippen molar-refractivity contribution in [2.24, 2.45) is 0 Å². The maximum atomic E-state index is 5.79. The fourth-order valence-electron chi connectivity index (χ4n) is 1.24. The summed E-state index contributed by atoms with van der Waals surface area (Å²) in [6.07, 6.45) is 3.27. The molecule has 17 heavy (non-hydrogen) atoms. The van der Waals surface area contributed by atoms with Gasteiger partial charge in [-0.3, -0.25) is 0 Å². The van der Waals surface area contributed by atoms with E-state index in [1.807, 2.05) is 13.0 Å². The third-order valence-corrected chi connectivity index (χ3v) is 2.14. The Labute approximate surface area is 103 Å². The highest BCUT2D eigenvalue weighted by atomic mass is 35.5. The quantitative estimate of drug-likeness (QED) is 0.851. The lowest BCUT2D eigenvalue weighted by Gasteiger charge is -2.06. The van der Waals surface area contributed by atoms with Crippen LogP contribution in [0.5, 0.6) is 0 Å². The summed E-state index contributed by atoms with van der Waals surface area (Å²) in [5.41, 5.74) is 1.01. The van der Waals surface area contributed by atoms with E-state index in [1.165, 1.54) is 0 Å². The standard InChI is InChI=1S/C10H12ClN5O/c1-2-12-9-14-8(11)15-10(16-9)13-5-7-3-4-17-6-7/h3-4,6H,2,5H2,1H3,(H2,12,13,14,15,16). The lowest BCUT2D eigenvalue weighted by Crippen LogP contribution is -2.08. The number of furan rings is 1. The summed E-state index contributed by atoms with van der Waals surface area (Å²) in [7, 11) is 0. The van der Waals surface area contributed by atoms with Crippen LogP contribution in [0.2, 0.25) is 5.28 Å². The van der Waals surface area contributed by atoms with Gasteiger partial charge in [-0.25, -0.2) is 0 Å². The van der Waals surface area contributed by atoms with Crippen molar-refractivity contribution >= 4 is 23.5 Å². The molecule has 0 saturated heterocycles. The van der Waals surface area contributed by atoms with E-state index in [-0.39, 0.29) is 5.28 Å². The van der Waals surface area contributed by atoms with Gasteiger partial charge in [0.15, 0.2) is 0 Å². The highest BCUT2D eigenvalue weighted by Crippen LogP contribution is 2.10. The number of nitrogens with zero attached hydrogens (tertiary/aromatic N) is 3. The first-order valence-corrected chi connectivity index (χ1v) is 5.56. The molecule has 0 atom stereocenters. The van der Waals surface area contributed by atoms with Crippen molar-refractivity contribution in [1.82, 2.24) is 15.0 Å². The number of aromatic nitrogens is 3. The number of nitrogens with one attached hydrogen (secondary N) is 2. The zero-order valence-electron chi connectivity index (χ0n) is 9.27. The minimum Gasteiger partial charge on any atom is -0.472 e. The Kier molecular flexibility index (Phi) is 3.77. The fraction of sp³-hybridized carbons (Fsp3) is 0.300. The first-order chi connectivity index (χ1) is 8.28. The van der Waals surface area contributed by atoms with Gasteiger partial charge >= 0.3 is 0 Å². The van der Waals surface area contributed by atoms with Crippen LogP contribution in [0.1, 0.15) is 12.5 Å². The van der Waals surface area contributed by atoms with E-state index in [0.29, 0.717) is 18.4 Å². The summed E-state index contributed by atoms with van der Waals surface area (Å²) in [4.78, 5) is 12.1. The molecular weight excluding hydrogens is 242 g/mol. The van der Waals surface area contributed by atoms with Gasteiger partial charge in [-0.2, -0.15) is 15.0 Å². The topological polar surface area (TPSA) is 75.9 Å². The number of hydrogen-bond acceptors (Lipinski definition) is 6. The maximum absolute atomic E-state index is 5.79. The van der Waals surface area contributed by atoms with Crippen molar-refractivity contribution in [3.8, 4) is 0 Å². The van der Waals surface area contributed by atoms with Crippen LogP contribution < -0.4 is 10.6 Å². The molecule has 2 N–H and O–H groups in total. The van der Waals surface area contributed by atoms with Gasteiger partial charge in [-0.1, -0.05) is 0 Å². The van der Waals surface area contributed by atoms with Crippen LogP contribution >= 0.6 is 11.6 Å². The summed E-state index contributed by atoms with van der Waals surface area (Å²) in [6.45, 7) is 3.25. The lowest BCUT2D eigenvalue weighted by atomic mass is 10.3. The van der Waals surface area contributed by atoms with E-state index in [0.717, 1.165) is 12.1 Å². The second-order valence-electron chi connectivity index (χ2n) is 3.27. The lowest BCUT2D eigenvalue weighted by molar-refractivity contribution is 0.564. The molecule has 2 aromatic rings. The Morgan fingerprint density at radius 2 is 2.00 bits per heavy atom. The fourth-order valence-corrected chi connectivity index (χ4v) is 1.40. The minimum atomic E-state index is 0.158. The van der Waals surface area contributed by atoms with Crippen molar-refractivity contribution in [3.63, 3.8) is 0 Å². The Morgan fingerprint density at radius 3 is 2.65 bits per heavy atom. The number of anilines is 2. The molecule has 90 valence electrons. The van der Waals surface area contributed by atoms with Crippen LogP contribution in [0.15, 0.2) is 23.0 Å². The average molecular weight is 254 g/mol. The van der Waals surface area contributed by atoms with Gasteiger partial charge in [0.25, 0.3) is 0 Å². The molecule has 0 aliphatic carbocycles. The Morgan fingerprint density at radius 1 is 1.24 bits per heavy atom. The van der Waals surface area contributed by atoms with E-state index in [1.54, 1.807) is 12.5 Å². The SMILES string of the molecule is CCNc1nc(Cl)nc(NCc2ccoc2)n1. The third kappa shape index (κ3) is 3.32. The molecule has 2 rings (SSSR count).